The van der Waals surface area contributed by atoms with Crippen LogP contribution in [0.2, 0.25) is 0 Å². The van der Waals surface area contributed by atoms with Crippen LogP contribution in [0.3, 0.4) is 0 Å². The smallest absolute Gasteiger partial charge is 0.155 e. The third-order valence-electron chi connectivity index (χ3n) is 3.73. The first-order valence-corrected chi connectivity index (χ1v) is 7.04. The van der Waals surface area contributed by atoms with Crippen LogP contribution < -0.4 is 4.90 Å². The third kappa shape index (κ3) is 2.73. The van der Waals surface area contributed by atoms with Gasteiger partial charge in [-0.3, -0.25) is 0 Å². The first-order valence-electron chi connectivity index (χ1n) is 7.04. The number of pyridine rings is 1. The Labute approximate surface area is 124 Å². The minimum absolute atomic E-state index is 0.559. The molecule has 3 rings (SSSR count). The molecule has 1 saturated heterocycles. The van der Waals surface area contributed by atoms with Crippen LogP contribution in [-0.2, 0) is 0 Å². The number of anilines is 1. The summed E-state index contributed by atoms with van der Waals surface area (Å²) in [5.41, 5.74) is 1.53. The summed E-state index contributed by atoms with van der Waals surface area (Å²) < 4.78 is 1.86. The lowest BCUT2D eigenvalue weighted by Crippen LogP contribution is -2.45. The lowest BCUT2D eigenvalue weighted by molar-refractivity contribution is 0.311. The molecule has 0 radical (unpaired) electrons. The van der Waals surface area contributed by atoms with E-state index in [4.69, 9.17) is 5.26 Å². The molecule has 0 unspecified atom stereocenters. The number of hydrogen-bond donors (Lipinski definition) is 0. The summed E-state index contributed by atoms with van der Waals surface area (Å²) in [6.07, 6.45) is 1.58. The first-order chi connectivity index (χ1) is 10.2. The second-order valence-electron chi connectivity index (χ2n) is 5.36. The summed E-state index contributed by atoms with van der Waals surface area (Å²) in [4.78, 5) is 9.00. The van der Waals surface area contributed by atoms with E-state index in [1.807, 2.05) is 17.7 Å². The monoisotopic (exact) mass is 282 g/mol. The summed E-state index contributed by atoms with van der Waals surface area (Å²) in [6.45, 7) is 6.05. The first kappa shape index (κ1) is 13.6. The van der Waals surface area contributed by atoms with E-state index in [0.29, 0.717) is 5.56 Å². The van der Waals surface area contributed by atoms with Gasteiger partial charge in [-0.25, -0.2) is 4.98 Å². The van der Waals surface area contributed by atoms with Crippen molar-refractivity contribution in [3.63, 3.8) is 0 Å². The van der Waals surface area contributed by atoms with Gasteiger partial charge in [0.05, 0.1) is 11.3 Å². The molecule has 2 aromatic heterocycles. The highest BCUT2D eigenvalue weighted by atomic mass is 15.4. The van der Waals surface area contributed by atoms with Crippen LogP contribution in [0.15, 0.2) is 24.4 Å². The van der Waals surface area contributed by atoms with E-state index in [1.54, 1.807) is 12.3 Å². The number of aryl methyl sites for hydroxylation is 1. The number of nitriles is 1. The molecule has 2 aromatic rings. The Balaban J connectivity index is 1.93. The summed E-state index contributed by atoms with van der Waals surface area (Å²) in [5.74, 6) is 1.81. The van der Waals surface area contributed by atoms with Crippen molar-refractivity contribution in [2.75, 3.05) is 38.1 Å². The van der Waals surface area contributed by atoms with Gasteiger partial charge in [-0.05, 0) is 26.1 Å². The van der Waals surface area contributed by atoms with E-state index in [2.05, 4.69) is 39.1 Å². The highest BCUT2D eigenvalue weighted by Crippen LogP contribution is 2.21. The average molecular weight is 282 g/mol. The second kappa shape index (κ2) is 5.54. The molecule has 1 fully saturated rings. The van der Waals surface area contributed by atoms with E-state index in [1.165, 1.54) is 0 Å². The summed E-state index contributed by atoms with van der Waals surface area (Å²) in [5, 5.41) is 13.4. The number of rotatable bonds is 2. The van der Waals surface area contributed by atoms with Crippen LogP contribution in [-0.4, -0.2) is 52.9 Å². The van der Waals surface area contributed by atoms with Crippen molar-refractivity contribution in [1.29, 1.82) is 5.26 Å². The van der Waals surface area contributed by atoms with Gasteiger partial charge >= 0.3 is 0 Å². The SMILES string of the molecule is Cc1cc(N2CCN(C)CC2)n(-c2ccc(C#N)cn2)n1. The molecular weight excluding hydrogens is 264 g/mol. The van der Waals surface area contributed by atoms with Crippen molar-refractivity contribution < 1.29 is 0 Å². The molecule has 0 spiro atoms. The van der Waals surface area contributed by atoms with Crippen molar-refractivity contribution in [3.8, 4) is 11.9 Å². The van der Waals surface area contributed by atoms with Gasteiger partial charge in [-0.2, -0.15) is 15.0 Å². The fourth-order valence-corrected chi connectivity index (χ4v) is 2.49. The molecule has 21 heavy (non-hydrogen) atoms. The molecule has 108 valence electrons. The molecule has 1 aliphatic rings. The normalized spacial score (nSPS) is 16.0. The molecule has 0 aromatic carbocycles. The maximum atomic E-state index is 8.86. The quantitative estimate of drug-likeness (QED) is 0.828. The van der Waals surface area contributed by atoms with Gasteiger partial charge in [-0.15, -0.1) is 0 Å². The minimum Gasteiger partial charge on any atom is -0.354 e. The molecule has 0 saturated carbocycles. The Morgan fingerprint density at radius 3 is 2.57 bits per heavy atom. The standard InChI is InChI=1S/C15H18N6/c1-12-9-15(20-7-5-19(2)6-8-20)21(18-12)14-4-3-13(10-16)11-17-14/h3-4,9,11H,5-8H2,1-2H3. The number of nitrogens with zero attached hydrogens (tertiary/aromatic N) is 6. The maximum Gasteiger partial charge on any atom is 0.155 e. The summed E-state index contributed by atoms with van der Waals surface area (Å²) in [6, 6.07) is 7.78. The Morgan fingerprint density at radius 1 is 1.19 bits per heavy atom. The Kier molecular flexibility index (Phi) is 3.59. The van der Waals surface area contributed by atoms with Crippen LogP contribution in [0.1, 0.15) is 11.3 Å². The second-order valence-corrected chi connectivity index (χ2v) is 5.36. The van der Waals surface area contributed by atoms with Crippen LogP contribution in [0.25, 0.3) is 5.82 Å². The summed E-state index contributed by atoms with van der Waals surface area (Å²) in [7, 11) is 2.14. The lowest BCUT2D eigenvalue weighted by atomic mass is 10.3. The van der Waals surface area contributed by atoms with E-state index in [-0.39, 0.29) is 0 Å². The van der Waals surface area contributed by atoms with E-state index in [0.717, 1.165) is 43.5 Å². The molecule has 3 heterocycles. The molecule has 1 aliphatic heterocycles. The van der Waals surface area contributed by atoms with Crippen molar-refractivity contribution in [1.82, 2.24) is 19.7 Å². The van der Waals surface area contributed by atoms with Gasteiger partial charge in [0.1, 0.15) is 11.9 Å². The van der Waals surface area contributed by atoms with Crippen LogP contribution >= 0.6 is 0 Å². The largest absolute Gasteiger partial charge is 0.354 e. The molecule has 0 amide bonds. The van der Waals surface area contributed by atoms with Gasteiger partial charge < -0.3 is 9.80 Å². The summed E-state index contributed by atoms with van der Waals surface area (Å²) >= 11 is 0. The van der Waals surface area contributed by atoms with Crippen LogP contribution in [0.4, 0.5) is 5.82 Å². The number of piperazine rings is 1. The van der Waals surface area contributed by atoms with Crippen LogP contribution in [0, 0.1) is 18.3 Å². The van der Waals surface area contributed by atoms with Crippen molar-refractivity contribution in [3.05, 3.63) is 35.7 Å². The van der Waals surface area contributed by atoms with Crippen molar-refractivity contribution in [2.24, 2.45) is 0 Å². The molecule has 0 aliphatic carbocycles. The zero-order valence-corrected chi connectivity index (χ0v) is 12.3. The van der Waals surface area contributed by atoms with Gasteiger partial charge in [0.2, 0.25) is 0 Å². The number of aromatic nitrogens is 3. The van der Waals surface area contributed by atoms with Gasteiger partial charge in [0.15, 0.2) is 5.82 Å². The predicted octanol–water partition coefficient (Wildman–Crippen LogP) is 1.20. The van der Waals surface area contributed by atoms with E-state index in [9.17, 15) is 0 Å². The van der Waals surface area contributed by atoms with E-state index >= 15 is 0 Å². The zero-order valence-electron chi connectivity index (χ0n) is 12.3. The minimum atomic E-state index is 0.559. The Bertz CT molecular complexity index is 658. The van der Waals surface area contributed by atoms with Crippen LogP contribution in [0.5, 0.6) is 0 Å². The van der Waals surface area contributed by atoms with E-state index < -0.39 is 0 Å². The molecule has 6 nitrogen and oxygen atoms in total. The van der Waals surface area contributed by atoms with Gasteiger partial charge in [0, 0.05) is 38.4 Å². The predicted molar refractivity (Wildman–Crippen MR) is 80.5 cm³/mol. The molecule has 0 N–H and O–H groups in total. The van der Waals surface area contributed by atoms with Gasteiger partial charge in [-0.1, -0.05) is 0 Å². The number of hydrogen-bond acceptors (Lipinski definition) is 5. The molecule has 0 bridgehead atoms. The molecular formula is C15H18N6. The lowest BCUT2D eigenvalue weighted by Gasteiger charge is -2.33. The van der Waals surface area contributed by atoms with Gasteiger partial charge in [0.25, 0.3) is 0 Å². The Morgan fingerprint density at radius 2 is 1.95 bits per heavy atom. The third-order valence-corrected chi connectivity index (χ3v) is 3.73. The number of likely N-dealkylation sites (N-methyl/N-ethyl adjacent to an activating group) is 1. The topological polar surface area (TPSA) is 61.0 Å². The molecule has 0 atom stereocenters. The van der Waals surface area contributed by atoms with Crippen molar-refractivity contribution in [2.45, 2.75) is 6.92 Å². The highest BCUT2D eigenvalue weighted by molar-refractivity contribution is 5.47. The fourth-order valence-electron chi connectivity index (χ4n) is 2.49. The average Bonchev–Trinajstić information content (AvgIpc) is 2.90. The Hall–Kier alpha value is -2.39. The highest BCUT2D eigenvalue weighted by Gasteiger charge is 2.19. The zero-order chi connectivity index (χ0) is 14.8. The molecule has 6 heteroatoms. The van der Waals surface area contributed by atoms with Crippen molar-refractivity contribution >= 4 is 5.82 Å². The fraction of sp³-hybridized carbons (Fsp3) is 0.400. The maximum absolute atomic E-state index is 8.86.